The largest absolute Gasteiger partial charge is 0.329 e. The summed E-state index contributed by atoms with van der Waals surface area (Å²) in [6.45, 7) is 7.29. The van der Waals surface area contributed by atoms with Crippen molar-refractivity contribution in [1.82, 2.24) is 4.90 Å². The van der Waals surface area contributed by atoms with Crippen LogP contribution in [0.3, 0.4) is 0 Å². The topological polar surface area (TPSA) is 37.4 Å². The summed E-state index contributed by atoms with van der Waals surface area (Å²) in [5, 5.41) is 0. The molecule has 1 aromatic carbocycles. The van der Waals surface area contributed by atoms with Crippen LogP contribution in [0.1, 0.15) is 53.3 Å². The van der Waals surface area contributed by atoms with Crippen molar-refractivity contribution < 1.29 is 18.6 Å². The normalized spacial score (nSPS) is 14.8. The number of carbonyl (C=O) groups excluding carboxylic acids is 2. The summed E-state index contributed by atoms with van der Waals surface area (Å²) in [6.07, 6.45) is 4.61. The van der Waals surface area contributed by atoms with Crippen LogP contribution in [0, 0.1) is 0 Å². The lowest BCUT2D eigenvalue weighted by Gasteiger charge is -2.31. The molecule has 27 heavy (non-hydrogen) atoms. The Labute approximate surface area is 164 Å². The molecule has 2 amide bonds. The summed E-state index contributed by atoms with van der Waals surface area (Å²) >= 11 is 0. The lowest BCUT2D eigenvalue weighted by atomic mass is 10.1. The van der Waals surface area contributed by atoms with Crippen LogP contribution in [-0.4, -0.2) is 86.6 Å². The quantitative estimate of drug-likeness (QED) is 0.339. The van der Waals surface area contributed by atoms with E-state index in [9.17, 15) is 9.59 Å². The summed E-state index contributed by atoms with van der Waals surface area (Å²) in [6, 6.07) is 7.12. The molecular weight excluding hydrogens is 338 g/mol. The van der Waals surface area contributed by atoms with Gasteiger partial charge in [0.25, 0.3) is 11.8 Å². The van der Waals surface area contributed by atoms with Crippen LogP contribution in [0.4, 0.5) is 0 Å². The maximum atomic E-state index is 12.4. The van der Waals surface area contributed by atoms with Crippen LogP contribution in [0.2, 0.25) is 0 Å². The van der Waals surface area contributed by atoms with Crippen LogP contribution < -0.4 is 0 Å². The van der Waals surface area contributed by atoms with E-state index in [0.29, 0.717) is 17.7 Å². The molecular formula is C22H37N3O2+2. The predicted octanol–water partition coefficient (Wildman–Crippen LogP) is 3.02. The number of nitrogens with zero attached hydrogens (tertiary/aromatic N) is 3. The third-order valence-corrected chi connectivity index (χ3v) is 5.91. The molecule has 0 aliphatic carbocycles. The first-order valence-corrected chi connectivity index (χ1v) is 10.3. The molecule has 1 aliphatic heterocycles. The van der Waals surface area contributed by atoms with E-state index in [0.717, 1.165) is 28.5 Å². The molecule has 0 radical (unpaired) electrons. The Kier molecular flexibility index (Phi) is 7.18. The van der Waals surface area contributed by atoms with Gasteiger partial charge in [-0.25, -0.2) is 0 Å². The second kappa shape index (κ2) is 8.98. The van der Waals surface area contributed by atoms with Crippen LogP contribution in [0.25, 0.3) is 0 Å². The van der Waals surface area contributed by atoms with Gasteiger partial charge in [-0.2, -0.15) is 0 Å². The molecule has 1 aromatic rings. The Morgan fingerprint density at radius 1 is 0.741 bits per heavy atom. The van der Waals surface area contributed by atoms with Gasteiger partial charge in [-0.05, 0) is 38.3 Å². The van der Waals surface area contributed by atoms with E-state index in [1.807, 2.05) is 12.1 Å². The highest BCUT2D eigenvalue weighted by Crippen LogP contribution is 2.22. The number of fused-ring (bicyclic) bond motifs is 1. The van der Waals surface area contributed by atoms with Gasteiger partial charge >= 0.3 is 0 Å². The number of benzene rings is 1. The Hall–Kier alpha value is -1.72. The summed E-state index contributed by atoms with van der Waals surface area (Å²) in [4.78, 5) is 26.2. The molecule has 1 heterocycles. The highest BCUT2D eigenvalue weighted by molar-refractivity contribution is 6.21. The van der Waals surface area contributed by atoms with E-state index in [2.05, 4.69) is 35.1 Å². The summed E-state index contributed by atoms with van der Waals surface area (Å²) < 4.78 is 2.04. The van der Waals surface area contributed by atoms with Gasteiger partial charge in [0.15, 0.2) is 0 Å². The van der Waals surface area contributed by atoms with Crippen molar-refractivity contribution in [1.29, 1.82) is 0 Å². The molecule has 0 fully saturated rings. The van der Waals surface area contributed by atoms with Gasteiger partial charge in [-0.1, -0.05) is 12.1 Å². The number of unbranched alkanes of at least 4 members (excludes halogenated alkanes) is 2. The molecule has 1 aliphatic rings. The van der Waals surface area contributed by atoms with E-state index in [4.69, 9.17) is 0 Å². The first kappa shape index (κ1) is 21.6. The lowest BCUT2D eigenvalue weighted by molar-refractivity contribution is -0.892. The van der Waals surface area contributed by atoms with Crippen molar-refractivity contribution in [3.05, 3.63) is 35.4 Å². The fraction of sp³-hybridized carbons (Fsp3) is 0.636. The van der Waals surface area contributed by atoms with Crippen molar-refractivity contribution >= 4 is 11.8 Å². The van der Waals surface area contributed by atoms with E-state index in [1.54, 1.807) is 12.1 Å². The van der Waals surface area contributed by atoms with E-state index in [1.165, 1.54) is 37.3 Å². The van der Waals surface area contributed by atoms with Crippen molar-refractivity contribution in [3.63, 3.8) is 0 Å². The lowest BCUT2D eigenvalue weighted by Crippen LogP contribution is -2.43. The third-order valence-electron chi connectivity index (χ3n) is 5.91. The number of quaternary nitrogens is 2. The van der Waals surface area contributed by atoms with Crippen molar-refractivity contribution in [2.45, 2.75) is 32.6 Å². The first-order chi connectivity index (χ1) is 12.7. The van der Waals surface area contributed by atoms with Gasteiger partial charge in [-0.3, -0.25) is 14.5 Å². The SMILES string of the molecule is CC[N+](C)(C)CCCCC[N+](C)(C)CCCN1C(=O)c2ccccc2C1=O. The molecule has 5 heteroatoms. The van der Waals surface area contributed by atoms with Gasteiger partial charge in [0.2, 0.25) is 0 Å². The van der Waals surface area contributed by atoms with E-state index in [-0.39, 0.29) is 11.8 Å². The molecule has 0 aromatic heterocycles. The maximum Gasteiger partial charge on any atom is 0.261 e. The Bertz CT molecular complexity index is 632. The second-order valence-corrected chi connectivity index (χ2v) is 9.08. The van der Waals surface area contributed by atoms with Gasteiger partial charge in [0.05, 0.1) is 65.5 Å². The molecule has 2 rings (SSSR count). The average molecular weight is 376 g/mol. The van der Waals surface area contributed by atoms with Crippen molar-refractivity contribution in [2.24, 2.45) is 0 Å². The predicted molar refractivity (Wildman–Crippen MR) is 110 cm³/mol. The van der Waals surface area contributed by atoms with Crippen molar-refractivity contribution in [3.8, 4) is 0 Å². The van der Waals surface area contributed by atoms with Gasteiger partial charge in [-0.15, -0.1) is 0 Å². The number of carbonyl (C=O) groups is 2. The van der Waals surface area contributed by atoms with Gasteiger partial charge in [0.1, 0.15) is 0 Å². The standard InChI is InChI=1S/C22H37N3O2/c1-6-24(2,3)16-10-7-11-17-25(4,5)18-12-15-23-21(26)19-13-8-9-14-20(19)22(23)27/h8-9,13-14H,6-7,10-12,15-18H2,1-5H3/q+2. The first-order valence-electron chi connectivity index (χ1n) is 10.3. The molecule has 0 bridgehead atoms. The zero-order valence-electron chi connectivity index (χ0n) is 17.8. The van der Waals surface area contributed by atoms with E-state index < -0.39 is 0 Å². The summed E-state index contributed by atoms with van der Waals surface area (Å²) in [5.41, 5.74) is 1.09. The number of hydrogen-bond donors (Lipinski definition) is 0. The molecule has 0 saturated heterocycles. The molecule has 0 spiro atoms. The fourth-order valence-electron chi connectivity index (χ4n) is 3.63. The van der Waals surface area contributed by atoms with Gasteiger partial charge < -0.3 is 8.97 Å². The zero-order valence-corrected chi connectivity index (χ0v) is 17.8. The summed E-state index contributed by atoms with van der Waals surface area (Å²) in [7, 11) is 9.07. The maximum absolute atomic E-state index is 12.4. The van der Waals surface area contributed by atoms with Crippen molar-refractivity contribution in [2.75, 3.05) is 60.9 Å². The van der Waals surface area contributed by atoms with Crippen LogP contribution >= 0.6 is 0 Å². The Morgan fingerprint density at radius 3 is 1.74 bits per heavy atom. The number of amides is 2. The zero-order chi connectivity index (χ0) is 20.1. The smallest absolute Gasteiger partial charge is 0.261 e. The van der Waals surface area contributed by atoms with Crippen LogP contribution in [0.5, 0.6) is 0 Å². The average Bonchev–Trinajstić information content (AvgIpc) is 2.86. The minimum Gasteiger partial charge on any atom is -0.329 e. The van der Waals surface area contributed by atoms with Crippen LogP contribution in [0.15, 0.2) is 24.3 Å². The third kappa shape index (κ3) is 5.88. The minimum atomic E-state index is -0.141. The summed E-state index contributed by atoms with van der Waals surface area (Å²) in [5.74, 6) is -0.282. The Balaban J connectivity index is 1.70. The fourth-order valence-corrected chi connectivity index (χ4v) is 3.63. The molecule has 0 unspecified atom stereocenters. The number of imide groups is 1. The Morgan fingerprint density at radius 2 is 1.22 bits per heavy atom. The molecule has 5 nitrogen and oxygen atoms in total. The number of hydrogen-bond acceptors (Lipinski definition) is 2. The molecule has 0 N–H and O–H groups in total. The highest BCUT2D eigenvalue weighted by atomic mass is 16.2. The molecule has 150 valence electrons. The molecule has 0 atom stereocenters. The molecule has 0 saturated carbocycles. The van der Waals surface area contributed by atoms with Gasteiger partial charge in [0, 0.05) is 13.0 Å². The minimum absolute atomic E-state index is 0.141. The van der Waals surface area contributed by atoms with E-state index >= 15 is 0 Å². The highest BCUT2D eigenvalue weighted by Gasteiger charge is 2.34. The monoisotopic (exact) mass is 375 g/mol. The number of rotatable bonds is 11. The second-order valence-electron chi connectivity index (χ2n) is 9.08. The van der Waals surface area contributed by atoms with Crippen LogP contribution in [-0.2, 0) is 0 Å².